The van der Waals surface area contributed by atoms with Crippen molar-refractivity contribution < 1.29 is 0 Å². The second-order valence-electron chi connectivity index (χ2n) is 6.16. The van der Waals surface area contributed by atoms with E-state index in [1.165, 1.54) is 18.1 Å². The molecule has 0 amide bonds. The van der Waals surface area contributed by atoms with Gasteiger partial charge in [-0.25, -0.2) is 0 Å². The quantitative estimate of drug-likeness (QED) is 0.669. The maximum Gasteiger partial charge on any atom is 0.123 e. The van der Waals surface area contributed by atoms with Crippen molar-refractivity contribution in [3.05, 3.63) is 0 Å². The first-order valence-corrected chi connectivity index (χ1v) is 8.74. The number of rotatable bonds is 6. The molecule has 0 aliphatic heterocycles. The SMILES string of the molecule is CC(C)C[Si](N)(CC(C)C)CC(C)C. The second kappa shape index (κ2) is 5.91. The summed E-state index contributed by atoms with van der Waals surface area (Å²) in [6.45, 7) is 13.8. The Hall–Kier alpha value is 0.177. The molecule has 2 N–H and O–H groups in total. The van der Waals surface area contributed by atoms with Crippen LogP contribution in [0.2, 0.25) is 18.1 Å². The van der Waals surface area contributed by atoms with E-state index >= 15 is 0 Å². The lowest BCUT2D eigenvalue weighted by Crippen LogP contribution is -2.48. The zero-order chi connectivity index (χ0) is 11.4. The van der Waals surface area contributed by atoms with Crippen molar-refractivity contribution in [1.29, 1.82) is 0 Å². The van der Waals surface area contributed by atoms with Crippen LogP contribution in [0, 0.1) is 17.8 Å². The van der Waals surface area contributed by atoms with Gasteiger partial charge < -0.3 is 5.40 Å². The van der Waals surface area contributed by atoms with E-state index in [4.69, 9.17) is 5.40 Å². The third kappa shape index (κ3) is 6.60. The maximum absolute atomic E-state index is 6.64. The zero-order valence-electron chi connectivity index (χ0n) is 10.9. The fourth-order valence-electron chi connectivity index (χ4n) is 2.69. The van der Waals surface area contributed by atoms with E-state index in [0.717, 1.165) is 17.8 Å². The topological polar surface area (TPSA) is 26.0 Å². The molecule has 0 spiro atoms. The van der Waals surface area contributed by atoms with Crippen molar-refractivity contribution in [2.24, 2.45) is 23.2 Å². The third-order valence-corrected chi connectivity index (χ3v) is 7.33. The Bertz CT molecular complexity index is 126. The molecule has 0 aliphatic carbocycles. The molecule has 0 rings (SSSR count). The molecule has 0 atom stereocenters. The molecule has 0 aromatic rings. The van der Waals surface area contributed by atoms with Crippen LogP contribution < -0.4 is 5.40 Å². The average molecular weight is 215 g/mol. The second-order valence-corrected chi connectivity index (χ2v) is 10.1. The largest absolute Gasteiger partial charge is 0.351 e. The first-order valence-electron chi connectivity index (χ1n) is 6.04. The van der Waals surface area contributed by atoms with Crippen molar-refractivity contribution in [1.82, 2.24) is 0 Å². The fraction of sp³-hybridized carbons (Fsp3) is 1.00. The van der Waals surface area contributed by atoms with Gasteiger partial charge in [-0.2, -0.15) is 0 Å². The lowest BCUT2D eigenvalue weighted by atomic mass is 10.2. The molecule has 86 valence electrons. The predicted octanol–water partition coefficient (Wildman–Crippen LogP) is 3.86. The Balaban J connectivity index is 4.32. The molecule has 14 heavy (non-hydrogen) atoms. The summed E-state index contributed by atoms with van der Waals surface area (Å²) in [5.41, 5.74) is 0. The van der Waals surface area contributed by atoms with Gasteiger partial charge in [0.25, 0.3) is 0 Å². The summed E-state index contributed by atoms with van der Waals surface area (Å²) in [6, 6.07) is 3.88. The van der Waals surface area contributed by atoms with Gasteiger partial charge in [0.1, 0.15) is 8.24 Å². The van der Waals surface area contributed by atoms with E-state index in [-0.39, 0.29) is 0 Å². The monoisotopic (exact) mass is 215 g/mol. The van der Waals surface area contributed by atoms with E-state index in [1.54, 1.807) is 0 Å². The smallest absolute Gasteiger partial charge is 0.123 e. The summed E-state index contributed by atoms with van der Waals surface area (Å²) in [4.78, 5) is 0. The lowest BCUT2D eigenvalue weighted by Gasteiger charge is -2.32. The molecule has 1 nitrogen and oxygen atoms in total. The van der Waals surface area contributed by atoms with E-state index < -0.39 is 8.24 Å². The van der Waals surface area contributed by atoms with Crippen molar-refractivity contribution in [2.75, 3.05) is 0 Å². The summed E-state index contributed by atoms with van der Waals surface area (Å²) in [5, 5.41) is 6.64. The highest BCUT2D eigenvalue weighted by molar-refractivity contribution is 6.76. The van der Waals surface area contributed by atoms with Crippen molar-refractivity contribution in [3.8, 4) is 0 Å². The maximum atomic E-state index is 6.64. The molecule has 0 bridgehead atoms. The zero-order valence-corrected chi connectivity index (χ0v) is 11.9. The molecule has 0 aromatic heterocycles. The Morgan fingerprint density at radius 1 is 0.714 bits per heavy atom. The summed E-state index contributed by atoms with van der Waals surface area (Å²) >= 11 is 0. The number of nitrogens with two attached hydrogens (primary N) is 1. The third-order valence-electron chi connectivity index (χ3n) is 2.44. The van der Waals surface area contributed by atoms with Gasteiger partial charge in [-0.3, -0.25) is 0 Å². The van der Waals surface area contributed by atoms with Crippen molar-refractivity contribution in [2.45, 2.75) is 59.7 Å². The molecule has 0 heterocycles. The Kier molecular flexibility index (Phi) is 5.99. The molecule has 2 heteroatoms. The van der Waals surface area contributed by atoms with Crippen molar-refractivity contribution >= 4 is 8.24 Å². The normalized spacial score (nSPS) is 13.3. The predicted molar refractivity (Wildman–Crippen MR) is 68.9 cm³/mol. The van der Waals surface area contributed by atoms with Crippen LogP contribution in [-0.4, -0.2) is 8.24 Å². The van der Waals surface area contributed by atoms with Crippen LogP contribution >= 0.6 is 0 Å². The highest BCUT2D eigenvalue weighted by atomic mass is 28.3. The number of hydrogen-bond donors (Lipinski definition) is 1. The summed E-state index contributed by atoms with van der Waals surface area (Å²) in [6.07, 6.45) is 0. The minimum absolute atomic E-state index is 0.768. The minimum atomic E-state index is -1.44. The van der Waals surface area contributed by atoms with Gasteiger partial charge in [-0.05, 0) is 35.9 Å². The molecule has 0 aliphatic rings. The van der Waals surface area contributed by atoms with Gasteiger partial charge >= 0.3 is 0 Å². The summed E-state index contributed by atoms with van der Waals surface area (Å²) in [5.74, 6) is 2.30. The van der Waals surface area contributed by atoms with Crippen LogP contribution in [0.3, 0.4) is 0 Å². The van der Waals surface area contributed by atoms with E-state index in [1.807, 2.05) is 0 Å². The van der Waals surface area contributed by atoms with Crippen LogP contribution in [0.1, 0.15) is 41.5 Å². The molecular weight excluding hydrogens is 186 g/mol. The average Bonchev–Trinajstić information content (AvgIpc) is 1.76. The summed E-state index contributed by atoms with van der Waals surface area (Å²) < 4.78 is 0. The van der Waals surface area contributed by atoms with Gasteiger partial charge in [-0.15, -0.1) is 0 Å². The van der Waals surface area contributed by atoms with Crippen LogP contribution in [0.4, 0.5) is 0 Å². The van der Waals surface area contributed by atoms with E-state index in [0.29, 0.717) is 0 Å². The molecule has 0 fully saturated rings. The highest BCUT2D eigenvalue weighted by Gasteiger charge is 2.30. The first-order chi connectivity index (χ1) is 6.25. The van der Waals surface area contributed by atoms with E-state index in [2.05, 4.69) is 41.5 Å². The van der Waals surface area contributed by atoms with Gasteiger partial charge in [0.05, 0.1) is 0 Å². The van der Waals surface area contributed by atoms with Gasteiger partial charge in [-0.1, -0.05) is 41.5 Å². The first kappa shape index (κ1) is 14.2. The minimum Gasteiger partial charge on any atom is -0.351 e. The fourth-order valence-corrected chi connectivity index (χ4v) is 8.07. The Labute approximate surface area is 91.6 Å². The van der Waals surface area contributed by atoms with Crippen LogP contribution in [0.25, 0.3) is 0 Å². The molecule has 0 saturated carbocycles. The molecule has 0 radical (unpaired) electrons. The lowest BCUT2D eigenvalue weighted by molar-refractivity contribution is 0.641. The Morgan fingerprint density at radius 2 is 0.929 bits per heavy atom. The van der Waals surface area contributed by atoms with Gasteiger partial charge in [0.2, 0.25) is 0 Å². The van der Waals surface area contributed by atoms with E-state index in [9.17, 15) is 0 Å². The van der Waals surface area contributed by atoms with Gasteiger partial charge in [0.15, 0.2) is 0 Å². The Morgan fingerprint density at radius 3 is 1.07 bits per heavy atom. The molecule has 0 saturated heterocycles. The summed E-state index contributed by atoms with van der Waals surface area (Å²) in [7, 11) is -1.44. The molecule has 0 aromatic carbocycles. The van der Waals surface area contributed by atoms with Crippen molar-refractivity contribution in [3.63, 3.8) is 0 Å². The van der Waals surface area contributed by atoms with Crippen LogP contribution in [-0.2, 0) is 0 Å². The number of hydrogen-bond acceptors (Lipinski definition) is 1. The van der Waals surface area contributed by atoms with Crippen LogP contribution in [0.15, 0.2) is 0 Å². The standard InChI is InChI=1S/C12H29NSi/c1-10(2)7-14(13,8-11(3)4)9-12(5)6/h10-12H,7-9,13H2,1-6H3. The molecule has 0 unspecified atom stereocenters. The molecular formula is C12H29NSi. The van der Waals surface area contributed by atoms with Crippen LogP contribution in [0.5, 0.6) is 0 Å². The van der Waals surface area contributed by atoms with Gasteiger partial charge in [0, 0.05) is 0 Å². The highest BCUT2D eigenvalue weighted by Crippen LogP contribution is 2.27.